The maximum atomic E-state index is 5.42. The summed E-state index contributed by atoms with van der Waals surface area (Å²) in [4.78, 5) is 4.25. The lowest BCUT2D eigenvalue weighted by atomic mass is 10.2. The minimum Gasteiger partial charge on any atom is -0.356 e. The number of hydrogen-bond acceptors (Lipinski definition) is 4. The van der Waals surface area contributed by atoms with Gasteiger partial charge < -0.3 is 15.2 Å². The molecule has 0 amide bonds. The van der Waals surface area contributed by atoms with Gasteiger partial charge in [-0.2, -0.15) is 5.10 Å². The molecule has 1 aromatic carbocycles. The van der Waals surface area contributed by atoms with Crippen LogP contribution in [-0.2, 0) is 13.1 Å². The van der Waals surface area contributed by atoms with Crippen molar-refractivity contribution in [2.45, 2.75) is 33.4 Å². The lowest BCUT2D eigenvalue weighted by Crippen LogP contribution is -2.37. The molecule has 0 aliphatic carbocycles. The first-order chi connectivity index (χ1) is 13.2. The van der Waals surface area contributed by atoms with Crippen molar-refractivity contribution in [1.82, 2.24) is 25.6 Å². The first-order valence-electron chi connectivity index (χ1n) is 9.12. The maximum absolute atomic E-state index is 5.42. The zero-order valence-electron chi connectivity index (χ0n) is 16.1. The molecule has 0 saturated heterocycles. The second kappa shape index (κ2) is 9.02. The van der Waals surface area contributed by atoms with E-state index in [4.69, 9.17) is 4.52 Å². The number of aryl methyl sites for hydroxylation is 3. The van der Waals surface area contributed by atoms with Crippen LogP contribution in [0.3, 0.4) is 0 Å². The van der Waals surface area contributed by atoms with Gasteiger partial charge in [-0.1, -0.05) is 35.5 Å². The molecule has 27 heavy (non-hydrogen) atoms. The predicted molar refractivity (Wildman–Crippen MR) is 106 cm³/mol. The maximum Gasteiger partial charge on any atom is 0.191 e. The summed E-state index contributed by atoms with van der Waals surface area (Å²) >= 11 is 0. The van der Waals surface area contributed by atoms with Crippen molar-refractivity contribution in [3.63, 3.8) is 0 Å². The Morgan fingerprint density at radius 3 is 2.67 bits per heavy atom. The highest BCUT2D eigenvalue weighted by Crippen LogP contribution is 2.19. The minimum absolute atomic E-state index is 0.549. The number of nitrogens with one attached hydrogen (secondary N) is 2. The number of hydrogen-bond donors (Lipinski definition) is 2. The molecule has 2 heterocycles. The van der Waals surface area contributed by atoms with E-state index in [1.54, 1.807) is 7.05 Å². The number of rotatable bonds is 7. The van der Waals surface area contributed by atoms with Crippen molar-refractivity contribution < 1.29 is 4.52 Å². The summed E-state index contributed by atoms with van der Waals surface area (Å²) in [5, 5.41) is 15.2. The van der Waals surface area contributed by atoms with Gasteiger partial charge >= 0.3 is 0 Å². The minimum atomic E-state index is 0.549. The molecule has 3 aromatic rings. The number of nitrogens with zero attached hydrogens (tertiary/aromatic N) is 4. The topological polar surface area (TPSA) is 80.3 Å². The third-order valence-corrected chi connectivity index (χ3v) is 4.22. The van der Waals surface area contributed by atoms with Crippen LogP contribution >= 0.6 is 0 Å². The summed E-state index contributed by atoms with van der Waals surface area (Å²) in [5.41, 5.74) is 4.10. The van der Waals surface area contributed by atoms with Crippen molar-refractivity contribution in [1.29, 1.82) is 0 Å². The average Bonchev–Trinajstić information content (AvgIpc) is 3.28. The van der Waals surface area contributed by atoms with Gasteiger partial charge in [0.05, 0.1) is 12.2 Å². The van der Waals surface area contributed by atoms with E-state index in [9.17, 15) is 0 Å². The fourth-order valence-electron chi connectivity index (χ4n) is 2.87. The van der Waals surface area contributed by atoms with Gasteiger partial charge in [0.15, 0.2) is 11.7 Å². The van der Waals surface area contributed by atoms with Gasteiger partial charge in [-0.25, -0.2) is 0 Å². The lowest BCUT2D eigenvalue weighted by molar-refractivity contribution is 0.422. The van der Waals surface area contributed by atoms with Gasteiger partial charge in [-0.15, -0.1) is 0 Å². The molecule has 0 radical (unpaired) electrons. The smallest absolute Gasteiger partial charge is 0.191 e. The first kappa shape index (κ1) is 18.7. The molecule has 142 valence electrons. The van der Waals surface area contributed by atoms with Crippen LogP contribution in [0.25, 0.3) is 11.3 Å². The SMILES string of the molecule is CN=C(NCCCn1nc(C)cc1C)NCc1cc(-c2ccccc2)on1. The molecular weight excluding hydrogens is 340 g/mol. The molecule has 0 aliphatic rings. The Bertz CT molecular complexity index is 881. The average molecular weight is 366 g/mol. The number of aromatic nitrogens is 3. The van der Waals surface area contributed by atoms with E-state index in [1.165, 1.54) is 5.69 Å². The Labute approximate surface area is 159 Å². The van der Waals surface area contributed by atoms with Gasteiger partial charge in [-0.3, -0.25) is 9.67 Å². The van der Waals surface area contributed by atoms with Crippen LogP contribution in [0.5, 0.6) is 0 Å². The van der Waals surface area contributed by atoms with E-state index in [1.807, 2.05) is 48.0 Å². The molecule has 7 heteroatoms. The van der Waals surface area contributed by atoms with Crippen LogP contribution in [-0.4, -0.2) is 34.5 Å². The molecule has 0 unspecified atom stereocenters. The first-order valence-corrected chi connectivity index (χ1v) is 9.12. The molecule has 0 aliphatic heterocycles. The van der Waals surface area contributed by atoms with Crippen molar-refractivity contribution in [2.24, 2.45) is 4.99 Å². The Kier molecular flexibility index (Phi) is 6.25. The van der Waals surface area contributed by atoms with E-state index in [0.29, 0.717) is 6.54 Å². The van der Waals surface area contributed by atoms with Gasteiger partial charge in [-0.05, 0) is 26.3 Å². The van der Waals surface area contributed by atoms with Crippen molar-refractivity contribution >= 4 is 5.96 Å². The molecule has 0 bridgehead atoms. The zero-order valence-corrected chi connectivity index (χ0v) is 16.1. The highest BCUT2D eigenvalue weighted by molar-refractivity contribution is 5.79. The number of guanidine groups is 1. The van der Waals surface area contributed by atoms with E-state index < -0.39 is 0 Å². The van der Waals surface area contributed by atoms with Gasteiger partial charge in [0.2, 0.25) is 0 Å². The molecule has 2 N–H and O–H groups in total. The molecule has 7 nitrogen and oxygen atoms in total. The second-order valence-electron chi connectivity index (χ2n) is 6.40. The van der Waals surface area contributed by atoms with Crippen LogP contribution in [0.1, 0.15) is 23.5 Å². The molecule has 0 spiro atoms. The van der Waals surface area contributed by atoms with Crippen LogP contribution in [0.4, 0.5) is 0 Å². The van der Waals surface area contributed by atoms with E-state index in [-0.39, 0.29) is 0 Å². The number of aliphatic imine (C=N–C) groups is 1. The summed E-state index contributed by atoms with van der Waals surface area (Å²) in [6.07, 6.45) is 0.963. The fraction of sp³-hybridized carbons (Fsp3) is 0.350. The van der Waals surface area contributed by atoms with Gasteiger partial charge in [0.1, 0.15) is 5.69 Å². The van der Waals surface area contributed by atoms with Crippen molar-refractivity contribution in [3.05, 3.63) is 59.5 Å². The standard InChI is InChI=1S/C20H26N6O/c1-15-12-16(2)26(24-15)11-7-10-22-20(21-3)23-14-18-13-19(27-25-18)17-8-5-4-6-9-17/h4-6,8-9,12-13H,7,10-11,14H2,1-3H3,(H2,21,22,23). The predicted octanol–water partition coefficient (Wildman–Crippen LogP) is 2.91. The Morgan fingerprint density at radius 2 is 1.96 bits per heavy atom. The van der Waals surface area contributed by atoms with Crippen molar-refractivity contribution in [3.8, 4) is 11.3 Å². The number of benzene rings is 1. The van der Waals surface area contributed by atoms with Gasteiger partial charge in [0, 0.05) is 37.5 Å². The summed E-state index contributed by atoms with van der Waals surface area (Å²) < 4.78 is 7.45. The summed E-state index contributed by atoms with van der Waals surface area (Å²) in [7, 11) is 1.76. The lowest BCUT2D eigenvalue weighted by Gasteiger charge is -2.11. The largest absolute Gasteiger partial charge is 0.356 e. The molecule has 0 atom stereocenters. The summed E-state index contributed by atoms with van der Waals surface area (Å²) in [5.74, 6) is 1.51. The summed E-state index contributed by atoms with van der Waals surface area (Å²) in [6, 6.07) is 14.0. The highest BCUT2D eigenvalue weighted by atomic mass is 16.5. The van der Waals surface area contributed by atoms with E-state index in [0.717, 1.165) is 48.2 Å². The van der Waals surface area contributed by atoms with Crippen LogP contribution in [0.2, 0.25) is 0 Å². The Hall–Kier alpha value is -3.09. The second-order valence-corrected chi connectivity index (χ2v) is 6.40. The summed E-state index contributed by atoms with van der Waals surface area (Å²) in [6.45, 7) is 6.34. The van der Waals surface area contributed by atoms with E-state index in [2.05, 4.69) is 38.9 Å². The van der Waals surface area contributed by atoms with Crippen LogP contribution in [0.15, 0.2) is 52.0 Å². The molecule has 0 fully saturated rings. The Balaban J connectivity index is 1.43. The Morgan fingerprint density at radius 1 is 1.15 bits per heavy atom. The van der Waals surface area contributed by atoms with Crippen molar-refractivity contribution in [2.75, 3.05) is 13.6 Å². The zero-order chi connectivity index (χ0) is 19.1. The van der Waals surface area contributed by atoms with Gasteiger partial charge in [0.25, 0.3) is 0 Å². The fourth-order valence-corrected chi connectivity index (χ4v) is 2.87. The molecule has 0 saturated carbocycles. The molecular formula is C20H26N6O. The quantitative estimate of drug-likeness (QED) is 0.382. The molecule has 3 rings (SSSR count). The third-order valence-electron chi connectivity index (χ3n) is 4.22. The normalized spacial score (nSPS) is 11.6. The van der Waals surface area contributed by atoms with Crippen LogP contribution in [0, 0.1) is 13.8 Å². The molecule has 2 aromatic heterocycles. The monoisotopic (exact) mass is 366 g/mol. The third kappa shape index (κ3) is 5.20. The van der Waals surface area contributed by atoms with Crippen LogP contribution < -0.4 is 10.6 Å². The van der Waals surface area contributed by atoms with E-state index >= 15 is 0 Å². The highest BCUT2D eigenvalue weighted by Gasteiger charge is 2.07.